The van der Waals surface area contributed by atoms with E-state index in [0.29, 0.717) is 5.56 Å². The maximum Gasteiger partial charge on any atom is 0.252 e. The SMILES string of the molecule is CC1(C)CC(NC(=O)c2ccnc3ccccc23)CC(C)(C)N1. The second kappa shape index (κ2) is 5.60. The molecule has 2 heterocycles. The lowest BCUT2D eigenvalue weighted by atomic mass is 9.79. The summed E-state index contributed by atoms with van der Waals surface area (Å²) < 4.78 is 0. The Morgan fingerprint density at radius 3 is 2.48 bits per heavy atom. The lowest BCUT2D eigenvalue weighted by Gasteiger charge is -2.46. The van der Waals surface area contributed by atoms with Gasteiger partial charge in [0.1, 0.15) is 0 Å². The molecule has 23 heavy (non-hydrogen) atoms. The van der Waals surface area contributed by atoms with Crippen molar-refractivity contribution in [3.63, 3.8) is 0 Å². The quantitative estimate of drug-likeness (QED) is 0.895. The number of hydrogen-bond donors (Lipinski definition) is 2. The zero-order chi connectivity index (χ0) is 16.7. The summed E-state index contributed by atoms with van der Waals surface area (Å²) in [6, 6.07) is 9.73. The minimum atomic E-state index is -0.0119. The third-order valence-corrected chi connectivity index (χ3v) is 4.42. The summed E-state index contributed by atoms with van der Waals surface area (Å²) in [5.41, 5.74) is 1.58. The van der Waals surface area contributed by atoms with Gasteiger partial charge in [-0.15, -0.1) is 0 Å². The predicted octanol–water partition coefficient (Wildman–Crippen LogP) is 3.27. The predicted molar refractivity (Wildman–Crippen MR) is 93.5 cm³/mol. The zero-order valence-electron chi connectivity index (χ0n) is 14.3. The number of aromatic nitrogens is 1. The maximum absolute atomic E-state index is 12.8. The first-order valence-electron chi connectivity index (χ1n) is 8.20. The van der Waals surface area contributed by atoms with Crippen LogP contribution >= 0.6 is 0 Å². The van der Waals surface area contributed by atoms with Crippen LogP contribution < -0.4 is 10.6 Å². The van der Waals surface area contributed by atoms with Gasteiger partial charge in [-0.25, -0.2) is 0 Å². The van der Waals surface area contributed by atoms with E-state index < -0.39 is 0 Å². The van der Waals surface area contributed by atoms with Crippen molar-refractivity contribution in [2.75, 3.05) is 0 Å². The number of nitrogens with one attached hydrogen (secondary N) is 2. The molecule has 1 aliphatic rings. The number of nitrogens with zero attached hydrogens (tertiary/aromatic N) is 1. The minimum Gasteiger partial charge on any atom is -0.349 e. The Balaban J connectivity index is 1.84. The van der Waals surface area contributed by atoms with Crippen LogP contribution in [0.5, 0.6) is 0 Å². The molecular formula is C19H25N3O. The summed E-state index contributed by atoms with van der Waals surface area (Å²) in [5.74, 6) is -0.0119. The Hall–Kier alpha value is -1.94. The average Bonchev–Trinajstić information content (AvgIpc) is 2.43. The van der Waals surface area contributed by atoms with E-state index in [1.807, 2.05) is 24.3 Å². The molecule has 1 aliphatic heterocycles. The molecule has 0 bridgehead atoms. The van der Waals surface area contributed by atoms with Crippen molar-refractivity contribution in [3.8, 4) is 0 Å². The molecule has 1 aromatic heterocycles. The molecule has 1 amide bonds. The molecule has 2 N–H and O–H groups in total. The van der Waals surface area contributed by atoms with Gasteiger partial charge in [-0.3, -0.25) is 9.78 Å². The average molecular weight is 311 g/mol. The number of rotatable bonds is 2. The molecule has 0 aliphatic carbocycles. The van der Waals surface area contributed by atoms with Gasteiger partial charge in [-0.05, 0) is 52.7 Å². The van der Waals surface area contributed by atoms with Gasteiger partial charge < -0.3 is 10.6 Å². The van der Waals surface area contributed by atoms with Gasteiger partial charge in [0.25, 0.3) is 5.91 Å². The summed E-state index contributed by atoms with van der Waals surface area (Å²) in [4.78, 5) is 17.1. The zero-order valence-corrected chi connectivity index (χ0v) is 14.3. The molecule has 0 unspecified atom stereocenters. The Bertz CT molecular complexity index is 715. The van der Waals surface area contributed by atoms with Crippen molar-refractivity contribution in [2.24, 2.45) is 0 Å². The summed E-state index contributed by atoms with van der Waals surface area (Å²) >= 11 is 0. The van der Waals surface area contributed by atoms with E-state index in [1.54, 1.807) is 12.3 Å². The highest BCUT2D eigenvalue weighted by molar-refractivity contribution is 6.06. The molecule has 3 rings (SSSR count). The first-order chi connectivity index (χ1) is 10.8. The monoisotopic (exact) mass is 311 g/mol. The fourth-order valence-corrected chi connectivity index (χ4v) is 3.98. The fourth-order valence-electron chi connectivity index (χ4n) is 3.98. The first kappa shape index (κ1) is 15.9. The molecule has 122 valence electrons. The summed E-state index contributed by atoms with van der Waals surface area (Å²) in [5, 5.41) is 7.78. The van der Waals surface area contributed by atoms with Crippen LogP contribution in [-0.4, -0.2) is 28.0 Å². The molecule has 1 saturated heterocycles. The van der Waals surface area contributed by atoms with E-state index in [9.17, 15) is 4.79 Å². The van der Waals surface area contributed by atoms with Gasteiger partial charge in [0.05, 0.1) is 11.1 Å². The van der Waals surface area contributed by atoms with Gasteiger partial charge in [-0.1, -0.05) is 18.2 Å². The molecule has 0 atom stereocenters. The number of fused-ring (bicyclic) bond motifs is 1. The highest BCUT2D eigenvalue weighted by Crippen LogP contribution is 2.29. The van der Waals surface area contributed by atoms with Crippen molar-refractivity contribution in [2.45, 2.75) is 57.7 Å². The van der Waals surface area contributed by atoms with Crippen LogP contribution in [0.15, 0.2) is 36.5 Å². The third-order valence-electron chi connectivity index (χ3n) is 4.42. The van der Waals surface area contributed by atoms with E-state index in [-0.39, 0.29) is 23.0 Å². The van der Waals surface area contributed by atoms with Crippen LogP contribution in [0.2, 0.25) is 0 Å². The van der Waals surface area contributed by atoms with Crippen LogP contribution in [0.25, 0.3) is 10.9 Å². The Morgan fingerprint density at radius 2 is 1.78 bits per heavy atom. The lowest BCUT2D eigenvalue weighted by molar-refractivity contribution is 0.0875. The third kappa shape index (κ3) is 3.53. The number of para-hydroxylation sites is 1. The van der Waals surface area contributed by atoms with Crippen LogP contribution in [0.1, 0.15) is 50.9 Å². The standard InChI is InChI=1S/C19H25N3O/c1-18(2)11-13(12-19(3,4)22-18)21-17(23)15-9-10-20-16-8-6-5-7-14(15)16/h5-10,13,22H,11-12H2,1-4H3,(H,21,23). The normalized spacial score (nSPS) is 20.3. The van der Waals surface area contributed by atoms with Gasteiger partial charge >= 0.3 is 0 Å². The minimum absolute atomic E-state index is 0.0119. The van der Waals surface area contributed by atoms with Gasteiger partial charge in [0.2, 0.25) is 0 Å². The topological polar surface area (TPSA) is 54.0 Å². The fraction of sp³-hybridized carbons (Fsp3) is 0.474. The van der Waals surface area contributed by atoms with E-state index >= 15 is 0 Å². The Kier molecular flexibility index (Phi) is 3.88. The number of pyridine rings is 1. The molecule has 0 radical (unpaired) electrons. The van der Waals surface area contributed by atoms with Gasteiger partial charge in [0.15, 0.2) is 0 Å². The van der Waals surface area contributed by atoms with Gasteiger partial charge in [0, 0.05) is 28.7 Å². The Morgan fingerprint density at radius 1 is 1.13 bits per heavy atom. The maximum atomic E-state index is 12.8. The van der Waals surface area contributed by atoms with Crippen LogP contribution in [0.3, 0.4) is 0 Å². The van der Waals surface area contributed by atoms with Crippen molar-refractivity contribution in [1.29, 1.82) is 0 Å². The first-order valence-corrected chi connectivity index (χ1v) is 8.20. The molecule has 0 spiro atoms. The molecule has 1 aromatic carbocycles. The van der Waals surface area contributed by atoms with Gasteiger partial charge in [-0.2, -0.15) is 0 Å². The largest absolute Gasteiger partial charge is 0.349 e. The molecule has 1 fully saturated rings. The van der Waals surface area contributed by atoms with Crippen molar-refractivity contribution in [1.82, 2.24) is 15.6 Å². The van der Waals surface area contributed by atoms with Crippen LogP contribution in [0.4, 0.5) is 0 Å². The second-order valence-electron chi connectivity index (χ2n) is 7.85. The highest BCUT2D eigenvalue weighted by atomic mass is 16.1. The van der Waals surface area contributed by atoms with E-state index in [0.717, 1.165) is 23.7 Å². The summed E-state index contributed by atoms with van der Waals surface area (Å²) in [7, 11) is 0. The molecule has 4 nitrogen and oxygen atoms in total. The van der Waals surface area contributed by atoms with E-state index in [2.05, 4.69) is 43.3 Å². The number of piperidine rings is 1. The summed E-state index contributed by atoms with van der Waals surface area (Å²) in [6.45, 7) is 8.76. The molecular weight excluding hydrogens is 286 g/mol. The molecule has 0 saturated carbocycles. The number of hydrogen-bond acceptors (Lipinski definition) is 3. The van der Waals surface area contributed by atoms with Crippen LogP contribution in [0, 0.1) is 0 Å². The lowest BCUT2D eigenvalue weighted by Crippen LogP contribution is -2.62. The molecule has 4 heteroatoms. The Labute approximate surface area is 137 Å². The highest BCUT2D eigenvalue weighted by Gasteiger charge is 2.38. The van der Waals surface area contributed by atoms with Crippen LogP contribution in [-0.2, 0) is 0 Å². The van der Waals surface area contributed by atoms with Crippen molar-refractivity contribution in [3.05, 3.63) is 42.1 Å². The van der Waals surface area contributed by atoms with E-state index in [4.69, 9.17) is 0 Å². The number of benzene rings is 1. The smallest absolute Gasteiger partial charge is 0.252 e. The second-order valence-corrected chi connectivity index (χ2v) is 7.85. The van der Waals surface area contributed by atoms with Crippen molar-refractivity contribution < 1.29 is 4.79 Å². The number of carbonyl (C=O) groups is 1. The number of carbonyl (C=O) groups excluding carboxylic acids is 1. The summed E-state index contributed by atoms with van der Waals surface area (Å²) in [6.07, 6.45) is 3.55. The molecule has 2 aromatic rings. The van der Waals surface area contributed by atoms with E-state index in [1.165, 1.54) is 0 Å². The number of amides is 1. The van der Waals surface area contributed by atoms with Crippen molar-refractivity contribution >= 4 is 16.8 Å².